The second-order valence-corrected chi connectivity index (χ2v) is 8.64. The summed E-state index contributed by atoms with van der Waals surface area (Å²) >= 11 is 0. The Morgan fingerprint density at radius 2 is 1.90 bits per heavy atom. The van der Waals surface area contributed by atoms with E-state index in [1.54, 1.807) is 0 Å². The summed E-state index contributed by atoms with van der Waals surface area (Å²) in [4.78, 5) is 11.3. The Labute approximate surface area is 129 Å². The fourth-order valence-electron chi connectivity index (χ4n) is 1.70. The van der Waals surface area contributed by atoms with Gasteiger partial charge in [0.2, 0.25) is 0 Å². The Hall–Kier alpha value is -1.14. The van der Waals surface area contributed by atoms with E-state index in [9.17, 15) is 17.6 Å². The lowest BCUT2D eigenvalue weighted by Gasteiger charge is -2.18. The molecule has 0 saturated heterocycles. The van der Waals surface area contributed by atoms with E-state index >= 15 is 0 Å². The number of amides is 1. The molecule has 0 bridgehead atoms. The molecule has 0 aromatic heterocycles. The molecule has 1 rings (SSSR count). The first-order valence-corrected chi connectivity index (χ1v) is 8.76. The first-order chi connectivity index (χ1) is 9.42. The molecule has 0 aliphatic rings. The minimum Gasteiger partial charge on any atom is -0.352 e. The van der Waals surface area contributed by atoms with Gasteiger partial charge in [0.25, 0.3) is 15.0 Å². The minimum atomic E-state index is -4.24. The fraction of sp³-hybridized carbons (Fsp3) is 0.500. The average molecular weight is 336 g/mol. The van der Waals surface area contributed by atoms with Crippen molar-refractivity contribution in [2.24, 2.45) is 5.41 Å². The maximum Gasteiger partial charge on any atom is 0.264 e. The van der Waals surface area contributed by atoms with Gasteiger partial charge in [0.05, 0.1) is 0 Å². The number of nitrogens with one attached hydrogen (secondary N) is 1. The number of aryl methyl sites for hydroxylation is 1. The molecule has 0 aliphatic carbocycles. The minimum absolute atomic E-state index is 0.0534. The van der Waals surface area contributed by atoms with Crippen LogP contribution in [0.5, 0.6) is 0 Å². The van der Waals surface area contributed by atoms with Gasteiger partial charge in [0.15, 0.2) is 0 Å². The van der Waals surface area contributed by atoms with E-state index in [2.05, 4.69) is 5.32 Å². The van der Waals surface area contributed by atoms with Crippen molar-refractivity contribution >= 4 is 25.6 Å². The van der Waals surface area contributed by atoms with Crippen molar-refractivity contribution in [3.8, 4) is 0 Å². The van der Waals surface area contributed by atoms with Crippen molar-refractivity contribution in [2.75, 3.05) is 6.54 Å². The smallest absolute Gasteiger partial charge is 0.264 e. The lowest BCUT2D eigenvalue weighted by Crippen LogP contribution is -2.27. The highest BCUT2D eigenvalue weighted by atomic mass is 35.7. The lowest BCUT2D eigenvalue weighted by atomic mass is 9.92. The van der Waals surface area contributed by atoms with Gasteiger partial charge in [-0.1, -0.05) is 20.8 Å². The highest BCUT2D eigenvalue weighted by Gasteiger charge is 2.21. The topological polar surface area (TPSA) is 63.2 Å². The average Bonchev–Trinajstić information content (AvgIpc) is 2.29. The number of carbonyl (C=O) groups excluding carboxylic acids is 1. The molecule has 7 heteroatoms. The molecular weight excluding hydrogens is 317 g/mol. The molecule has 0 atom stereocenters. The maximum atomic E-state index is 13.8. The molecule has 0 aliphatic heterocycles. The Kier molecular flexibility index (Phi) is 5.39. The second kappa shape index (κ2) is 6.32. The van der Waals surface area contributed by atoms with Gasteiger partial charge in [-0.2, -0.15) is 0 Å². The van der Waals surface area contributed by atoms with Crippen molar-refractivity contribution in [1.82, 2.24) is 5.32 Å². The van der Waals surface area contributed by atoms with E-state index in [0.717, 1.165) is 12.5 Å². The molecule has 0 unspecified atom stereocenters. The molecule has 1 aromatic rings. The zero-order valence-corrected chi connectivity index (χ0v) is 14.0. The Bertz CT molecular complexity index is 651. The summed E-state index contributed by atoms with van der Waals surface area (Å²) in [5, 5.41) is 2.68. The number of rotatable bonds is 4. The van der Waals surface area contributed by atoms with Crippen molar-refractivity contribution < 1.29 is 17.6 Å². The summed E-state index contributed by atoms with van der Waals surface area (Å²) in [7, 11) is 0.939. The standard InChI is InChI=1S/C14H19ClFNO3S/c1-9-7-10(8-11(12(9)16)21(15,19)20)13(18)17-6-5-14(2,3)4/h7-8H,5-6H2,1-4H3,(H,17,18). The predicted octanol–water partition coefficient (Wildman–Crippen LogP) is 3.23. The van der Waals surface area contributed by atoms with Crippen LogP contribution in [-0.2, 0) is 9.05 Å². The number of halogens is 2. The molecule has 1 aromatic carbocycles. The number of hydrogen-bond acceptors (Lipinski definition) is 3. The lowest BCUT2D eigenvalue weighted by molar-refractivity contribution is 0.0949. The first kappa shape index (κ1) is 17.9. The van der Waals surface area contributed by atoms with Gasteiger partial charge in [-0.05, 0) is 36.5 Å². The van der Waals surface area contributed by atoms with E-state index in [1.807, 2.05) is 20.8 Å². The molecule has 0 spiro atoms. The van der Waals surface area contributed by atoms with Crippen LogP contribution in [0.15, 0.2) is 17.0 Å². The third-order valence-electron chi connectivity index (χ3n) is 2.91. The van der Waals surface area contributed by atoms with Crippen LogP contribution in [0.25, 0.3) is 0 Å². The van der Waals surface area contributed by atoms with Crippen LogP contribution in [0.4, 0.5) is 4.39 Å². The Balaban J connectivity index is 2.99. The van der Waals surface area contributed by atoms with Gasteiger partial charge < -0.3 is 5.32 Å². The van der Waals surface area contributed by atoms with Gasteiger partial charge in [-0.3, -0.25) is 4.79 Å². The van der Waals surface area contributed by atoms with Crippen molar-refractivity contribution in [1.29, 1.82) is 0 Å². The van der Waals surface area contributed by atoms with E-state index in [4.69, 9.17) is 10.7 Å². The van der Waals surface area contributed by atoms with Crippen molar-refractivity contribution in [3.63, 3.8) is 0 Å². The predicted molar refractivity (Wildman–Crippen MR) is 80.6 cm³/mol. The second-order valence-electron chi connectivity index (χ2n) is 6.11. The molecule has 1 amide bonds. The van der Waals surface area contributed by atoms with Gasteiger partial charge in [-0.25, -0.2) is 12.8 Å². The normalized spacial score (nSPS) is 12.3. The van der Waals surface area contributed by atoms with Gasteiger partial charge in [0.1, 0.15) is 10.7 Å². The van der Waals surface area contributed by atoms with Gasteiger partial charge in [-0.15, -0.1) is 0 Å². The van der Waals surface area contributed by atoms with Crippen LogP contribution < -0.4 is 5.32 Å². The van der Waals surface area contributed by atoms with Crippen LogP contribution in [0.1, 0.15) is 43.1 Å². The summed E-state index contributed by atoms with van der Waals surface area (Å²) in [6.45, 7) is 7.95. The van der Waals surface area contributed by atoms with E-state index in [1.165, 1.54) is 13.0 Å². The van der Waals surface area contributed by atoms with Crippen molar-refractivity contribution in [3.05, 3.63) is 29.1 Å². The molecule has 0 heterocycles. The number of hydrogen-bond donors (Lipinski definition) is 1. The molecule has 4 nitrogen and oxygen atoms in total. The third-order valence-corrected chi connectivity index (χ3v) is 4.23. The molecule has 1 N–H and O–H groups in total. The molecule has 21 heavy (non-hydrogen) atoms. The van der Waals surface area contributed by atoms with Gasteiger partial charge >= 0.3 is 0 Å². The maximum absolute atomic E-state index is 13.8. The molecular formula is C14H19ClFNO3S. The summed E-state index contributed by atoms with van der Waals surface area (Å²) in [6, 6.07) is 2.25. The Morgan fingerprint density at radius 3 is 2.38 bits per heavy atom. The fourth-order valence-corrected chi connectivity index (χ4v) is 2.68. The summed E-state index contributed by atoms with van der Waals surface area (Å²) < 4.78 is 36.4. The summed E-state index contributed by atoms with van der Waals surface area (Å²) in [5.74, 6) is -1.39. The molecule has 0 radical (unpaired) electrons. The van der Waals surface area contributed by atoms with Crippen LogP contribution >= 0.6 is 10.7 Å². The summed E-state index contributed by atoms with van der Waals surface area (Å²) in [5.41, 5.74) is 0.191. The quantitative estimate of drug-likeness (QED) is 0.859. The molecule has 0 saturated carbocycles. The number of benzene rings is 1. The summed E-state index contributed by atoms with van der Waals surface area (Å²) in [6.07, 6.45) is 0.763. The molecule has 0 fully saturated rings. The van der Waals surface area contributed by atoms with Crippen LogP contribution in [-0.4, -0.2) is 20.9 Å². The van der Waals surface area contributed by atoms with E-state index < -0.39 is 25.7 Å². The molecule has 118 valence electrons. The zero-order chi connectivity index (χ0) is 16.4. The van der Waals surface area contributed by atoms with E-state index in [-0.39, 0.29) is 16.5 Å². The van der Waals surface area contributed by atoms with Crippen molar-refractivity contribution in [2.45, 2.75) is 39.0 Å². The monoisotopic (exact) mass is 335 g/mol. The third kappa shape index (κ3) is 5.28. The van der Waals surface area contributed by atoms with E-state index in [0.29, 0.717) is 6.54 Å². The first-order valence-electron chi connectivity index (χ1n) is 6.45. The Morgan fingerprint density at radius 1 is 1.33 bits per heavy atom. The number of carbonyl (C=O) groups is 1. The highest BCUT2D eigenvalue weighted by Crippen LogP contribution is 2.23. The zero-order valence-electron chi connectivity index (χ0n) is 12.5. The van der Waals surface area contributed by atoms with Crippen LogP contribution in [0.2, 0.25) is 0 Å². The SMILES string of the molecule is Cc1cc(C(=O)NCCC(C)(C)C)cc(S(=O)(=O)Cl)c1F. The largest absolute Gasteiger partial charge is 0.352 e. The van der Waals surface area contributed by atoms with Crippen LogP contribution in [0, 0.1) is 18.2 Å². The highest BCUT2D eigenvalue weighted by molar-refractivity contribution is 8.13. The van der Waals surface area contributed by atoms with Crippen LogP contribution in [0.3, 0.4) is 0 Å². The van der Waals surface area contributed by atoms with Gasteiger partial charge in [0, 0.05) is 22.8 Å².